The number of carboxylic acid groups (broad SMARTS) is 1. The molecule has 0 aliphatic carbocycles. The van der Waals surface area contributed by atoms with Gasteiger partial charge in [-0.1, -0.05) is 13.3 Å². The van der Waals surface area contributed by atoms with Crippen LogP contribution in [-0.2, 0) is 0 Å². The highest BCUT2D eigenvalue weighted by Crippen LogP contribution is 2.08. The van der Waals surface area contributed by atoms with E-state index in [1.54, 1.807) is 0 Å². The number of aromatic carboxylic acids is 1. The van der Waals surface area contributed by atoms with Gasteiger partial charge in [0.25, 0.3) is 0 Å². The summed E-state index contributed by atoms with van der Waals surface area (Å²) in [6.45, 7) is 4.14. The van der Waals surface area contributed by atoms with Crippen molar-refractivity contribution in [1.29, 1.82) is 0 Å². The van der Waals surface area contributed by atoms with Crippen LogP contribution >= 0.6 is 0 Å². The zero-order valence-corrected chi connectivity index (χ0v) is 8.37. The number of carboxylic acids is 1. The molecule has 5 nitrogen and oxygen atoms in total. The molecule has 0 saturated heterocycles. The van der Waals surface area contributed by atoms with Gasteiger partial charge in [0.15, 0.2) is 0 Å². The van der Waals surface area contributed by atoms with Crippen LogP contribution in [0.5, 0.6) is 0 Å². The zero-order valence-electron chi connectivity index (χ0n) is 8.37. The van der Waals surface area contributed by atoms with E-state index in [2.05, 4.69) is 22.4 Å². The molecule has 14 heavy (non-hydrogen) atoms. The third-order valence-electron chi connectivity index (χ3n) is 1.92. The van der Waals surface area contributed by atoms with Crippen LogP contribution in [0.3, 0.4) is 0 Å². The number of aromatic nitrogens is 2. The van der Waals surface area contributed by atoms with Crippen molar-refractivity contribution >= 4 is 11.8 Å². The molecule has 0 aromatic carbocycles. The van der Waals surface area contributed by atoms with E-state index < -0.39 is 5.97 Å². The molecule has 1 rings (SSSR count). The Bertz CT molecular complexity index is 309. The Morgan fingerprint density at radius 3 is 3.00 bits per heavy atom. The second-order valence-corrected chi connectivity index (χ2v) is 3.31. The summed E-state index contributed by atoms with van der Waals surface area (Å²) >= 11 is 0. The number of aromatic amines is 1. The van der Waals surface area contributed by atoms with Gasteiger partial charge in [-0.05, 0) is 13.3 Å². The summed E-state index contributed by atoms with van der Waals surface area (Å²) in [6.07, 6.45) is 2.12. The van der Waals surface area contributed by atoms with Crippen LogP contribution < -0.4 is 5.32 Å². The van der Waals surface area contributed by atoms with Crippen molar-refractivity contribution < 1.29 is 9.90 Å². The molecule has 1 aromatic rings. The largest absolute Gasteiger partial charge is 0.477 e. The molecule has 0 spiro atoms. The summed E-state index contributed by atoms with van der Waals surface area (Å²) in [7, 11) is 0. The summed E-state index contributed by atoms with van der Waals surface area (Å²) in [5.74, 6) is -0.406. The maximum Gasteiger partial charge on any atom is 0.353 e. The summed E-state index contributed by atoms with van der Waals surface area (Å²) in [5, 5.41) is 18.0. The Hall–Kier alpha value is -1.52. The van der Waals surface area contributed by atoms with Gasteiger partial charge in [-0.15, -0.1) is 0 Å². The van der Waals surface area contributed by atoms with Crippen molar-refractivity contribution in [3.8, 4) is 0 Å². The second-order valence-electron chi connectivity index (χ2n) is 3.31. The van der Waals surface area contributed by atoms with Gasteiger partial charge in [0, 0.05) is 12.1 Å². The van der Waals surface area contributed by atoms with Crippen LogP contribution in [0.2, 0.25) is 0 Å². The molecule has 1 unspecified atom stereocenters. The first-order valence-corrected chi connectivity index (χ1v) is 4.68. The molecule has 0 saturated carbocycles. The quantitative estimate of drug-likeness (QED) is 0.671. The predicted octanol–water partition coefficient (Wildman–Crippen LogP) is 1.71. The summed E-state index contributed by atoms with van der Waals surface area (Å²) in [5.41, 5.74) is 0.108. The second kappa shape index (κ2) is 4.64. The Morgan fingerprint density at radius 1 is 1.79 bits per heavy atom. The van der Waals surface area contributed by atoms with Crippen molar-refractivity contribution in [3.05, 3.63) is 11.8 Å². The Balaban J connectivity index is 2.55. The van der Waals surface area contributed by atoms with Gasteiger partial charge in [-0.25, -0.2) is 4.79 Å². The molecule has 0 fully saturated rings. The van der Waals surface area contributed by atoms with E-state index in [1.165, 1.54) is 6.07 Å². The number of anilines is 1. The lowest BCUT2D eigenvalue weighted by Gasteiger charge is -2.10. The van der Waals surface area contributed by atoms with Crippen molar-refractivity contribution in [3.63, 3.8) is 0 Å². The fourth-order valence-corrected chi connectivity index (χ4v) is 1.26. The standard InChI is InChI=1S/C9H15N3O2/c1-3-4-6(2)10-8-5-7(9(13)14)11-12-8/h5-6H,3-4H2,1-2H3,(H,13,14)(H2,10,11,12). The predicted molar refractivity (Wildman–Crippen MR) is 53.5 cm³/mol. The van der Waals surface area contributed by atoms with Crippen molar-refractivity contribution in [1.82, 2.24) is 10.2 Å². The number of rotatable bonds is 5. The SMILES string of the molecule is CCCC(C)Nc1cc(C(=O)O)[nH]n1. The van der Waals surface area contributed by atoms with E-state index in [4.69, 9.17) is 5.11 Å². The van der Waals surface area contributed by atoms with E-state index >= 15 is 0 Å². The highest BCUT2D eigenvalue weighted by Gasteiger charge is 2.08. The van der Waals surface area contributed by atoms with Crippen molar-refractivity contribution in [2.75, 3.05) is 5.32 Å². The van der Waals surface area contributed by atoms with Crippen LogP contribution in [0.25, 0.3) is 0 Å². The minimum Gasteiger partial charge on any atom is -0.477 e. The molecule has 1 atom stereocenters. The fraction of sp³-hybridized carbons (Fsp3) is 0.556. The molecule has 78 valence electrons. The summed E-state index contributed by atoms with van der Waals surface area (Å²) < 4.78 is 0. The Labute approximate surface area is 82.5 Å². The molecule has 5 heteroatoms. The first kappa shape index (κ1) is 10.6. The van der Waals surface area contributed by atoms with Gasteiger partial charge in [-0.3, -0.25) is 5.10 Å². The van der Waals surface area contributed by atoms with Crippen molar-refractivity contribution in [2.24, 2.45) is 0 Å². The number of carbonyl (C=O) groups is 1. The van der Waals surface area contributed by atoms with Crippen LogP contribution in [0.4, 0.5) is 5.82 Å². The summed E-state index contributed by atoms with van der Waals surface area (Å²) in [6, 6.07) is 1.80. The van der Waals surface area contributed by atoms with Gasteiger partial charge in [0.1, 0.15) is 11.5 Å². The zero-order chi connectivity index (χ0) is 10.6. The third kappa shape index (κ3) is 2.76. The van der Waals surface area contributed by atoms with Crippen LogP contribution in [-0.4, -0.2) is 27.3 Å². The molecule has 0 bridgehead atoms. The van der Waals surface area contributed by atoms with E-state index in [0.717, 1.165) is 12.8 Å². The monoisotopic (exact) mass is 197 g/mol. The third-order valence-corrected chi connectivity index (χ3v) is 1.92. The van der Waals surface area contributed by atoms with Crippen molar-refractivity contribution in [2.45, 2.75) is 32.7 Å². The molecule has 0 aliphatic heterocycles. The first-order valence-electron chi connectivity index (χ1n) is 4.68. The van der Waals surface area contributed by atoms with Gasteiger partial charge < -0.3 is 10.4 Å². The number of nitrogens with zero attached hydrogens (tertiary/aromatic N) is 1. The van der Waals surface area contributed by atoms with E-state index in [0.29, 0.717) is 11.9 Å². The maximum atomic E-state index is 10.5. The first-order chi connectivity index (χ1) is 6.63. The summed E-state index contributed by atoms with van der Waals surface area (Å²) in [4.78, 5) is 10.5. The molecule has 0 aliphatic rings. The molecule has 1 aromatic heterocycles. The number of nitrogens with one attached hydrogen (secondary N) is 2. The lowest BCUT2D eigenvalue weighted by Crippen LogP contribution is -2.14. The molecule has 0 amide bonds. The average Bonchev–Trinajstić information content (AvgIpc) is 2.53. The van der Waals surface area contributed by atoms with Gasteiger partial charge in [0.05, 0.1) is 0 Å². The topological polar surface area (TPSA) is 78.0 Å². The molecule has 1 heterocycles. The molecule has 3 N–H and O–H groups in total. The maximum absolute atomic E-state index is 10.5. The lowest BCUT2D eigenvalue weighted by molar-refractivity contribution is 0.0690. The average molecular weight is 197 g/mol. The lowest BCUT2D eigenvalue weighted by atomic mass is 10.2. The Kier molecular flexibility index (Phi) is 3.50. The highest BCUT2D eigenvalue weighted by molar-refractivity contribution is 5.86. The molecular formula is C9H15N3O2. The number of hydrogen-bond acceptors (Lipinski definition) is 3. The number of H-pyrrole nitrogens is 1. The van der Waals surface area contributed by atoms with Crippen LogP contribution in [0.15, 0.2) is 6.07 Å². The minimum absolute atomic E-state index is 0.108. The Morgan fingerprint density at radius 2 is 2.50 bits per heavy atom. The highest BCUT2D eigenvalue weighted by atomic mass is 16.4. The minimum atomic E-state index is -0.992. The van der Waals surface area contributed by atoms with Gasteiger partial charge in [-0.2, -0.15) is 5.10 Å². The van der Waals surface area contributed by atoms with E-state index in [1.807, 2.05) is 6.92 Å². The molecule has 0 radical (unpaired) electrons. The fourth-order valence-electron chi connectivity index (χ4n) is 1.26. The van der Waals surface area contributed by atoms with E-state index in [-0.39, 0.29) is 5.69 Å². The van der Waals surface area contributed by atoms with Crippen LogP contribution in [0, 0.1) is 0 Å². The smallest absolute Gasteiger partial charge is 0.353 e. The normalized spacial score (nSPS) is 12.4. The van der Waals surface area contributed by atoms with Gasteiger partial charge >= 0.3 is 5.97 Å². The van der Waals surface area contributed by atoms with E-state index in [9.17, 15) is 4.79 Å². The number of hydrogen-bond donors (Lipinski definition) is 3. The molecular weight excluding hydrogens is 182 g/mol. The van der Waals surface area contributed by atoms with Crippen LogP contribution in [0.1, 0.15) is 37.2 Å². The van der Waals surface area contributed by atoms with Gasteiger partial charge in [0.2, 0.25) is 0 Å².